The minimum atomic E-state index is -3.37. The van der Waals surface area contributed by atoms with Gasteiger partial charge in [0.05, 0.1) is 16.0 Å². The lowest BCUT2D eigenvalue weighted by Crippen LogP contribution is -2.07. The molecule has 0 atom stereocenters. The topological polar surface area (TPSA) is 59.9 Å². The Morgan fingerprint density at radius 3 is 3.00 bits per heavy atom. The Labute approximate surface area is 91.2 Å². The SMILES string of the molecule is C=CCS(=O)(=O)c1ncnc2ccsc12. The highest BCUT2D eigenvalue weighted by Crippen LogP contribution is 2.25. The Morgan fingerprint density at radius 2 is 2.27 bits per heavy atom. The molecule has 0 saturated heterocycles. The van der Waals surface area contributed by atoms with Crippen molar-refractivity contribution in [3.8, 4) is 0 Å². The Balaban J connectivity index is 2.71. The van der Waals surface area contributed by atoms with Gasteiger partial charge in [-0.2, -0.15) is 0 Å². The first-order chi connectivity index (χ1) is 7.15. The van der Waals surface area contributed by atoms with Gasteiger partial charge in [-0.05, 0) is 11.4 Å². The predicted molar refractivity (Wildman–Crippen MR) is 59.7 cm³/mol. The third kappa shape index (κ3) is 1.78. The van der Waals surface area contributed by atoms with Crippen LogP contribution in [-0.2, 0) is 9.84 Å². The number of aromatic nitrogens is 2. The van der Waals surface area contributed by atoms with Gasteiger partial charge in [0.25, 0.3) is 0 Å². The fraction of sp³-hybridized carbons (Fsp3) is 0.111. The predicted octanol–water partition coefficient (Wildman–Crippen LogP) is 1.65. The molecule has 0 unspecified atom stereocenters. The second-order valence-electron chi connectivity index (χ2n) is 2.88. The van der Waals surface area contributed by atoms with Crippen molar-refractivity contribution in [2.45, 2.75) is 5.03 Å². The number of fused-ring (bicyclic) bond motifs is 1. The Hall–Kier alpha value is -1.27. The minimum Gasteiger partial charge on any atom is -0.235 e. The van der Waals surface area contributed by atoms with Crippen LogP contribution in [0.1, 0.15) is 0 Å². The van der Waals surface area contributed by atoms with Gasteiger partial charge in [0, 0.05) is 0 Å². The third-order valence-electron chi connectivity index (χ3n) is 1.84. The molecule has 0 amide bonds. The third-order valence-corrected chi connectivity index (χ3v) is 4.46. The lowest BCUT2D eigenvalue weighted by atomic mass is 10.5. The quantitative estimate of drug-likeness (QED) is 0.604. The van der Waals surface area contributed by atoms with Crippen LogP contribution in [0, 0.1) is 0 Å². The Kier molecular flexibility index (Phi) is 2.54. The summed E-state index contributed by atoms with van der Waals surface area (Å²) in [5.41, 5.74) is 0.664. The maximum Gasteiger partial charge on any atom is 0.200 e. The first-order valence-corrected chi connectivity index (χ1v) is 6.70. The number of nitrogens with zero attached hydrogens (tertiary/aromatic N) is 2. The van der Waals surface area contributed by atoms with Crippen molar-refractivity contribution >= 4 is 31.4 Å². The molecule has 2 heterocycles. The van der Waals surface area contributed by atoms with Crippen LogP contribution in [0.15, 0.2) is 35.5 Å². The van der Waals surface area contributed by atoms with E-state index in [1.54, 1.807) is 11.4 Å². The minimum absolute atomic E-state index is 0.0994. The molecular weight excluding hydrogens is 232 g/mol. The highest BCUT2D eigenvalue weighted by molar-refractivity contribution is 7.91. The van der Waals surface area contributed by atoms with Crippen molar-refractivity contribution in [3.63, 3.8) is 0 Å². The molecule has 0 aliphatic carbocycles. The van der Waals surface area contributed by atoms with Crippen molar-refractivity contribution in [2.24, 2.45) is 0 Å². The summed E-state index contributed by atoms with van der Waals surface area (Å²) in [6.45, 7) is 3.42. The molecule has 2 rings (SSSR count). The second kappa shape index (κ2) is 3.71. The molecule has 2 aromatic rings. The number of hydrogen-bond acceptors (Lipinski definition) is 5. The number of sulfone groups is 1. The van der Waals surface area contributed by atoms with E-state index in [0.717, 1.165) is 0 Å². The van der Waals surface area contributed by atoms with Crippen molar-refractivity contribution in [3.05, 3.63) is 30.4 Å². The number of rotatable bonds is 3. The molecule has 0 aliphatic rings. The fourth-order valence-electron chi connectivity index (χ4n) is 1.22. The zero-order valence-electron chi connectivity index (χ0n) is 7.75. The van der Waals surface area contributed by atoms with Gasteiger partial charge in [-0.1, -0.05) is 6.08 Å². The molecule has 0 radical (unpaired) electrons. The van der Waals surface area contributed by atoms with Crippen LogP contribution in [0.3, 0.4) is 0 Å². The Morgan fingerprint density at radius 1 is 1.47 bits per heavy atom. The summed E-state index contributed by atoms with van der Waals surface area (Å²) in [7, 11) is -3.37. The van der Waals surface area contributed by atoms with E-state index in [4.69, 9.17) is 0 Å². The highest BCUT2D eigenvalue weighted by atomic mass is 32.2. The molecule has 6 heteroatoms. The number of hydrogen-bond donors (Lipinski definition) is 0. The summed E-state index contributed by atoms with van der Waals surface area (Å²) in [5.74, 6) is -0.100. The fourth-order valence-corrected chi connectivity index (χ4v) is 3.54. The average molecular weight is 240 g/mol. The van der Waals surface area contributed by atoms with E-state index >= 15 is 0 Å². The second-order valence-corrected chi connectivity index (χ2v) is 5.75. The van der Waals surface area contributed by atoms with Gasteiger partial charge in [0.15, 0.2) is 5.03 Å². The van der Waals surface area contributed by atoms with Crippen LogP contribution in [0.5, 0.6) is 0 Å². The van der Waals surface area contributed by atoms with Gasteiger partial charge in [-0.3, -0.25) is 0 Å². The normalized spacial score (nSPS) is 11.7. The van der Waals surface area contributed by atoms with E-state index in [-0.39, 0.29) is 10.8 Å². The molecule has 15 heavy (non-hydrogen) atoms. The lowest BCUT2D eigenvalue weighted by molar-refractivity contribution is 0.596. The molecule has 0 N–H and O–H groups in total. The molecule has 0 fully saturated rings. The summed E-state index contributed by atoms with van der Waals surface area (Å²) >= 11 is 1.33. The van der Waals surface area contributed by atoms with E-state index in [1.165, 1.54) is 23.7 Å². The standard InChI is InChI=1S/C9H8N2O2S2/c1-2-5-15(12,13)9-8-7(3-4-14-8)10-6-11-9/h2-4,6H,1,5H2. The van der Waals surface area contributed by atoms with Crippen LogP contribution in [-0.4, -0.2) is 24.1 Å². The van der Waals surface area contributed by atoms with E-state index in [9.17, 15) is 8.42 Å². The first-order valence-electron chi connectivity index (χ1n) is 4.17. The summed E-state index contributed by atoms with van der Waals surface area (Å²) < 4.78 is 24.2. The van der Waals surface area contributed by atoms with E-state index in [2.05, 4.69) is 16.5 Å². The molecule has 0 bridgehead atoms. The zero-order valence-corrected chi connectivity index (χ0v) is 9.38. The molecule has 78 valence electrons. The summed E-state index contributed by atoms with van der Waals surface area (Å²) in [5, 5.41) is 1.90. The largest absolute Gasteiger partial charge is 0.235 e. The zero-order chi connectivity index (χ0) is 10.9. The van der Waals surface area contributed by atoms with Gasteiger partial charge in [0.1, 0.15) is 6.33 Å². The van der Waals surface area contributed by atoms with Gasteiger partial charge in [-0.15, -0.1) is 17.9 Å². The highest BCUT2D eigenvalue weighted by Gasteiger charge is 2.18. The van der Waals surface area contributed by atoms with Gasteiger partial charge in [-0.25, -0.2) is 18.4 Å². The van der Waals surface area contributed by atoms with Crippen molar-refractivity contribution in [2.75, 3.05) is 5.75 Å². The van der Waals surface area contributed by atoms with Gasteiger partial charge >= 0.3 is 0 Å². The number of thiophene rings is 1. The maximum atomic E-state index is 11.8. The summed E-state index contributed by atoms with van der Waals surface area (Å²) in [6.07, 6.45) is 2.63. The van der Waals surface area contributed by atoms with Crippen LogP contribution in [0.2, 0.25) is 0 Å². The smallest absolute Gasteiger partial charge is 0.200 e. The monoisotopic (exact) mass is 240 g/mol. The van der Waals surface area contributed by atoms with Crippen LogP contribution < -0.4 is 0 Å². The lowest BCUT2D eigenvalue weighted by Gasteiger charge is -2.00. The average Bonchev–Trinajstić information content (AvgIpc) is 2.64. The molecule has 0 spiro atoms. The Bertz CT molecular complexity index is 601. The van der Waals surface area contributed by atoms with Crippen LogP contribution in [0.4, 0.5) is 0 Å². The van der Waals surface area contributed by atoms with Crippen molar-refractivity contribution in [1.82, 2.24) is 9.97 Å². The molecular formula is C9H8N2O2S2. The van der Waals surface area contributed by atoms with Crippen LogP contribution >= 0.6 is 11.3 Å². The van der Waals surface area contributed by atoms with Crippen molar-refractivity contribution in [1.29, 1.82) is 0 Å². The maximum absolute atomic E-state index is 11.8. The molecule has 2 aromatic heterocycles. The molecule has 0 aliphatic heterocycles. The molecule has 4 nitrogen and oxygen atoms in total. The molecule has 0 saturated carbocycles. The molecule has 0 aromatic carbocycles. The summed E-state index contributed by atoms with van der Waals surface area (Å²) in [6, 6.07) is 1.77. The van der Waals surface area contributed by atoms with E-state index in [1.807, 2.05) is 0 Å². The van der Waals surface area contributed by atoms with Crippen molar-refractivity contribution < 1.29 is 8.42 Å². The van der Waals surface area contributed by atoms with Gasteiger partial charge in [0.2, 0.25) is 9.84 Å². The summed E-state index contributed by atoms with van der Waals surface area (Å²) in [4.78, 5) is 7.82. The van der Waals surface area contributed by atoms with Gasteiger partial charge < -0.3 is 0 Å². The van der Waals surface area contributed by atoms with E-state index in [0.29, 0.717) is 10.2 Å². The van der Waals surface area contributed by atoms with E-state index < -0.39 is 9.84 Å². The first kappa shape index (κ1) is 10.3. The van der Waals surface area contributed by atoms with Crippen LogP contribution in [0.25, 0.3) is 10.2 Å².